The molecule has 0 aliphatic carbocycles. The minimum atomic E-state index is -1.13. The largest absolute Gasteiger partial charge is 0.504 e. The van der Waals surface area contributed by atoms with Gasteiger partial charge in [0.25, 0.3) is 0 Å². The van der Waals surface area contributed by atoms with Gasteiger partial charge in [0, 0.05) is 13.5 Å². The fraction of sp³-hybridized carbons (Fsp3) is 0.462. The summed E-state index contributed by atoms with van der Waals surface area (Å²) in [5.41, 5.74) is 0.383. The number of amides is 1. The van der Waals surface area contributed by atoms with E-state index in [1.165, 1.54) is 26.2 Å². The second kappa shape index (κ2) is 6.96. The summed E-state index contributed by atoms with van der Waals surface area (Å²) in [6.45, 7) is 1.65. The average molecular weight is 269 g/mol. The normalized spacial score (nSPS) is 13.7. The summed E-state index contributed by atoms with van der Waals surface area (Å²) in [6.07, 6.45) is -1.95. The molecule has 0 spiro atoms. The van der Waals surface area contributed by atoms with Gasteiger partial charge in [-0.15, -0.1) is 0 Å². The Morgan fingerprint density at radius 1 is 1.42 bits per heavy atom. The number of nitrogens with one attached hydrogen (secondary N) is 1. The molecule has 106 valence electrons. The molecule has 0 saturated carbocycles. The van der Waals surface area contributed by atoms with Gasteiger partial charge in [0.2, 0.25) is 5.91 Å². The van der Waals surface area contributed by atoms with Crippen LogP contribution in [0.25, 0.3) is 0 Å². The molecular formula is C13H19NO5. The van der Waals surface area contributed by atoms with Crippen molar-refractivity contribution in [1.29, 1.82) is 0 Å². The van der Waals surface area contributed by atoms with Crippen molar-refractivity contribution in [2.45, 2.75) is 25.6 Å². The maximum absolute atomic E-state index is 10.7. The summed E-state index contributed by atoms with van der Waals surface area (Å²) in [5.74, 6) is 0.000536. The van der Waals surface area contributed by atoms with E-state index < -0.39 is 12.2 Å². The van der Waals surface area contributed by atoms with Gasteiger partial charge < -0.3 is 25.4 Å². The number of hydrogen-bond acceptors (Lipinski definition) is 5. The summed E-state index contributed by atoms with van der Waals surface area (Å²) < 4.78 is 4.89. The summed E-state index contributed by atoms with van der Waals surface area (Å²) in [6, 6.07) is 4.41. The Bertz CT molecular complexity index is 435. The van der Waals surface area contributed by atoms with Gasteiger partial charge in [0.1, 0.15) is 6.10 Å². The molecule has 1 aromatic rings. The minimum absolute atomic E-state index is 0.104. The quantitative estimate of drug-likeness (QED) is 0.596. The minimum Gasteiger partial charge on any atom is -0.504 e. The van der Waals surface area contributed by atoms with Crippen LogP contribution in [-0.2, 0) is 4.79 Å². The Morgan fingerprint density at radius 2 is 2.11 bits per heavy atom. The molecule has 4 N–H and O–H groups in total. The van der Waals surface area contributed by atoms with Crippen LogP contribution >= 0.6 is 0 Å². The number of rotatable bonds is 6. The van der Waals surface area contributed by atoms with Crippen LogP contribution in [0, 0.1) is 0 Å². The van der Waals surface area contributed by atoms with E-state index in [4.69, 9.17) is 4.74 Å². The molecule has 6 heteroatoms. The van der Waals surface area contributed by atoms with E-state index in [1.54, 1.807) is 6.07 Å². The molecule has 0 aliphatic rings. The van der Waals surface area contributed by atoms with Crippen molar-refractivity contribution >= 4 is 5.91 Å². The Balaban J connectivity index is 2.63. The van der Waals surface area contributed by atoms with Crippen LogP contribution in [0.4, 0.5) is 0 Å². The van der Waals surface area contributed by atoms with Crippen LogP contribution in [0.2, 0.25) is 0 Å². The molecule has 0 aromatic heterocycles. The number of carbonyl (C=O) groups is 1. The first-order valence-corrected chi connectivity index (χ1v) is 5.93. The van der Waals surface area contributed by atoms with Crippen LogP contribution in [-0.4, -0.2) is 41.0 Å². The van der Waals surface area contributed by atoms with Crippen molar-refractivity contribution in [1.82, 2.24) is 5.32 Å². The molecule has 1 rings (SSSR count). The zero-order valence-electron chi connectivity index (χ0n) is 11.0. The lowest BCUT2D eigenvalue weighted by molar-refractivity contribution is -0.119. The maximum Gasteiger partial charge on any atom is 0.216 e. The second-order valence-corrected chi connectivity index (χ2v) is 4.22. The molecule has 0 fully saturated rings. The smallest absolute Gasteiger partial charge is 0.216 e. The molecule has 1 aromatic carbocycles. The van der Waals surface area contributed by atoms with Crippen molar-refractivity contribution in [3.8, 4) is 11.5 Å². The van der Waals surface area contributed by atoms with Gasteiger partial charge in [-0.3, -0.25) is 4.79 Å². The average Bonchev–Trinajstić information content (AvgIpc) is 2.37. The molecule has 2 atom stereocenters. The highest BCUT2D eigenvalue weighted by Crippen LogP contribution is 2.30. The van der Waals surface area contributed by atoms with Crippen LogP contribution in [0.3, 0.4) is 0 Å². The Labute approximate surface area is 111 Å². The van der Waals surface area contributed by atoms with Gasteiger partial charge in [-0.05, 0) is 24.1 Å². The van der Waals surface area contributed by atoms with Gasteiger partial charge in [0.05, 0.1) is 13.2 Å². The number of carbonyl (C=O) groups excluding carboxylic acids is 1. The van der Waals surface area contributed by atoms with Gasteiger partial charge in [-0.25, -0.2) is 0 Å². The molecule has 0 heterocycles. The fourth-order valence-electron chi connectivity index (χ4n) is 1.67. The van der Waals surface area contributed by atoms with Crippen LogP contribution in [0.15, 0.2) is 18.2 Å². The van der Waals surface area contributed by atoms with Crippen molar-refractivity contribution in [3.63, 3.8) is 0 Å². The number of aromatic hydroxyl groups is 1. The van der Waals surface area contributed by atoms with E-state index in [0.29, 0.717) is 11.3 Å². The summed E-state index contributed by atoms with van der Waals surface area (Å²) >= 11 is 0. The highest BCUT2D eigenvalue weighted by atomic mass is 16.5. The lowest BCUT2D eigenvalue weighted by Gasteiger charge is -2.18. The molecule has 0 saturated heterocycles. The van der Waals surface area contributed by atoms with E-state index >= 15 is 0 Å². The number of methoxy groups -OCH3 is 1. The summed E-state index contributed by atoms with van der Waals surface area (Å²) in [5, 5.41) is 31.8. The number of aliphatic hydroxyl groups is 2. The van der Waals surface area contributed by atoms with Gasteiger partial charge in [0.15, 0.2) is 11.5 Å². The molecular weight excluding hydrogens is 250 g/mol. The molecule has 19 heavy (non-hydrogen) atoms. The SMILES string of the molecule is COc1ccc(C(O)C(O)CCNC(C)=O)cc1O. The highest BCUT2D eigenvalue weighted by molar-refractivity contribution is 5.72. The summed E-state index contributed by atoms with van der Waals surface area (Å²) in [7, 11) is 1.42. The monoisotopic (exact) mass is 269 g/mol. The summed E-state index contributed by atoms with van der Waals surface area (Å²) in [4.78, 5) is 10.7. The van der Waals surface area contributed by atoms with Gasteiger partial charge in [-0.2, -0.15) is 0 Å². The molecule has 2 unspecified atom stereocenters. The van der Waals surface area contributed by atoms with Crippen LogP contribution < -0.4 is 10.1 Å². The predicted octanol–water partition coefficient (Wildman–Crippen LogP) is 0.321. The van der Waals surface area contributed by atoms with Crippen molar-refractivity contribution in [2.75, 3.05) is 13.7 Å². The first-order chi connectivity index (χ1) is 8.95. The highest BCUT2D eigenvalue weighted by Gasteiger charge is 2.19. The maximum atomic E-state index is 10.7. The number of ether oxygens (including phenoxy) is 1. The second-order valence-electron chi connectivity index (χ2n) is 4.22. The van der Waals surface area contributed by atoms with E-state index in [0.717, 1.165) is 0 Å². The fourth-order valence-corrected chi connectivity index (χ4v) is 1.67. The van der Waals surface area contributed by atoms with E-state index in [-0.39, 0.29) is 24.6 Å². The number of benzene rings is 1. The van der Waals surface area contributed by atoms with Gasteiger partial charge in [-0.1, -0.05) is 6.07 Å². The van der Waals surface area contributed by atoms with Crippen molar-refractivity contribution < 1.29 is 24.9 Å². The Morgan fingerprint density at radius 3 is 2.63 bits per heavy atom. The third-order valence-electron chi connectivity index (χ3n) is 2.72. The third kappa shape index (κ3) is 4.42. The van der Waals surface area contributed by atoms with Crippen molar-refractivity contribution in [2.24, 2.45) is 0 Å². The lowest BCUT2D eigenvalue weighted by atomic mass is 10.0. The lowest BCUT2D eigenvalue weighted by Crippen LogP contribution is -2.27. The van der Waals surface area contributed by atoms with E-state index in [2.05, 4.69) is 5.32 Å². The molecule has 0 bridgehead atoms. The molecule has 6 nitrogen and oxygen atoms in total. The zero-order chi connectivity index (χ0) is 14.4. The number of aliphatic hydroxyl groups excluding tert-OH is 2. The standard InChI is InChI=1S/C13H19NO5/c1-8(15)14-6-5-10(16)13(18)9-3-4-12(19-2)11(17)7-9/h3-4,7,10,13,16-18H,5-6H2,1-2H3,(H,14,15). The zero-order valence-corrected chi connectivity index (χ0v) is 11.0. The Hall–Kier alpha value is -1.79. The predicted molar refractivity (Wildman–Crippen MR) is 68.9 cm³/mol. The third-order valence-corrected chi connectivity index (χ3v) is 2.72. The molecule has 0 radical (unpaired) electrons. The first kappa shape index (κ1) is 15.3. The topological polar surface area (TPSA) is 99.0 Å². The first-order valence-electron chi connectivity index (χ1n) is 5.93. The number of phenols is 1. The Kier molecular flexibility index (Phi) is 5.59. The van der Waals surface area contributed by atoms with E-state index in [1.807, 2.05) is 0 Å². The van der Waals surface area contributed by atoms with E-state index in [9.17, 15) is 20.1 Å². The number of hydrogen-bond donors (Lipinski definition) is 4. The van der Waals surface area contributed by atoms with Crippen LogP contribution in [0.5, 0.6) is 11.5 Å². The number of phenolic OH excluding ortho intramolecular Hbond substituents is 1. The van der Waals surface area contributed by atoms with Crippen LogP contribution in [0.1, 0.15) is 25.0 Å². The molecule has 1 amide bonds. The van der Waals surface area contributed by atoms with Crippen molar-refractivity contribution in [3.05, 3.63) is 23.8 Å². The molecule has 0 aliphatic heterocycles. The van der Waals surface area contributed by atoms with Gasteiger partial charge >= 0.3 is 0 Å².